The number of hydrogen-bond acceptors (Lipinski definition) is 2. The lowest BCUT2D eigenvalue weighted by Gasteiger charge is -2.08. The van der Waals surface area contributed by atoms with E-state index in [1.165, 1.54) is 6.07 Å². The highest BCUT2D eigenvalue weighted by molar-refractivity contribution is 6.05. The van der Waals surface area contributed by atoms with Gasteiger partial charge in [-0.15, -0.1) is 0 Å². The maximum absolute atomic E-state index is 11.4. The molecule has 1 aliphatic rings. The summed E-state index contributed by atoms with van der Waals surface area (Å²) in [6.07, 6.45) is 0.467. The Kier molecular flexibility index (Phi) is 3.28. The standard InChI is InChI=1S/C15H10O4.FH/c16-14(17)11-6-5-10-9-4-2-1-3-8(9)7-12(10)13(11)15(18)19;/h1-6H,7H2,(H,16,17)(H,18,19);1H. The van der Waals surface area contributed by atoms with E-state index in [0.717, 1.165) is 16.7 Å². The summed E-state index contributed by atoms with van der Waals surface area (Å²) in [6, 6.07) is 10.7. The Balaban J connectivity index is 0.00000147. The van der Waals surface area contributed by atoms with Crippen LogP contribution in [0.4, 0.5) is 4.70 Å². The summed E-state index contributed by atoms with van der Waals surface area (Å²) < 4.78 is 0. The topological polar surface area (TPSA) is 74.6 Å². The summed E-state index contributed by atoms with van der Waals surface area (Å²) in [6.45, 7) is 0. The lowest BCUT2D eigenvalue weighted by atomic mass is 9.96. The van der Waals surface area contributed by atoms with Gasteiger partial charge in [0.25, 0.3) is 0 Å². The van der Waals surface area contributed by atoms with Crippen molar-refractivity contribution in [3.8, 4) is 11.1 Å². The van der Waals surface area contributed by atoms with E-state index in [4.69, 9.17) is 5.11 Å². The van der Waals surface area contributed by atoms with Crippen molar-refractivity contribution in [1.29, 1.82) is 0 Å². The molecule has 1 aliphatic carbocycles. The van der Waals surface area contributed by atoms with Crippen LogP contribution in [0.1, 0.15) is 31.8 Å². The lowest BCUT2D eigenvalue weighted by molar-refractivity contribution is 0.0650. The van der Waals surface area contributed by atoms with E-state index in [1.54, 1.807) is 6.07 Å². The number of halogens is 1. The predicted octanol–water partition coefficient (Wildman–Crippen LogP) is 2.81. The third kappa shape index (κ3) is 1.84. The molecule has 0 atom stereocenters. The van der Waals surface area contributed by atoms with Gasteiger partial charge in [0.2, 0.25) is 0 Å². The van der Waals surface area contributed by atoms with Crippen molar-refractivity contribution in [2.75, 3.05) is 0 Å². The van der Waals surface area contributed by atoms with Crippen LogP contribution in [0.25, 0.3) is 11.1 Å². The minimum Gasteiger partial charge on any atom is -0.478 e. The second-order valence-corrected chi connectivity index (χ2v) is 4.46. The fourth-order valence-electron chi connectivity index (χ4n) is 2.63. The molecule has 0 aliphatic heterocycles. The molecule has 2 aromatic rings. The smallest absolute Gasteiger partial charge is 0.336 e. The number of rotatable bonds is 2. The molecular weight excluding hydrogens is 263 g/mol. The lowest BCUT2D eigenvalue weighted by Crippen LogP contribution is -2.11. The normalized spacial score (nSPS) is 11.2. The Labute approximate surface area is 113 Å². The summed E-state index contributed by atoms with van der Waals surface area (Å²) in [7, 11) is 0. The quantitative estimate of drug-likeness (QED) is 0.753. The van der Waals surface area contributed by atoms with Crippen molar-refractivity contribution < 1.29 is 24.5 Å². The Bertz CT molecular complexity index is 722. The van der Waals surface area contributed by atoms with Crippen LogP contribution in [-0.2, 0) is 6.42 Å². The second kappa shape index (κ2) is 4.77. The predicted molar refractivity (Wildman–Crippen MR) is 71.1 cm³/mol. The zero-order valence-corrected chi connectivity index (χ0v) is 10.3. The number of carboxylic acids is 2. The molecule has 2 N–H and O–H groups in total. The van der Waals surface area contributed by atoms with E-state index >= 15 is 0 Å². The first kappa shape index (κ1) is 13.7. The van der Waals surface area contributed by atoms with Crippen molar-refractivity contribution in [2.24, 2.45) is 0 Å². The van der Waals surface area contributed by atoms with Gasteiger partial charge in [-0.3, -0.25) is 4.70 Å². The van der Waals surface area contributed by atoms with Gasteiger partial charge in [0.15, 0.2) is 0 Å². The van der Waals surface area contributed by atoms with Gasteiger partial charge in [0, 0.05) is 0 Å². The highest BCUT2D eigenvalue weighted by atomic mass is 19.0. The van der Waals surface area contributed by atoms with E-state index in [9.17, 15) is 14.7 Å². The fraction of sp³-hybridized carbons (Fsp3) is 0.0667. The van der Waals surface area contributed by atoms with Crippen molar-refractivity contribution >= 4 is 11.9 Å². The number of hydrogen-bond donors (Lipinski definition) is 2. The number of aromatic carboxylic acids is 2. The van der Waals surface area contributed by atoms with Crippen molar-refractivity contribution in [1.82, 2.24) is 0 Å². The summed E-state index contributed by atoms with van der Waals surface area (Å²) in [4.78, 5) is 22.5. The van der Waals surface area contributed by atoms with Crippen molar-refractivity contribution in [3.63, 3.8) is 0 Å². The van der Waals surface area contributed by atoms with Crippen LogP contribution in [0.15, 0.2) is 36.4 Å². The molecular formula is C15H11FO4. The van der Waals surface area contributed by atoms with E-state index < -0.39 is 11.9 Å². The van der Waals surface area contributed by atoms with Gasteiger partial charge in [0.05, 0.1) is 11.1 Å². The van der Waals surface area contributed by atoms with Crippen LogP contribution in [0.5, 0.6) is 0 Å². The van der Waals surface area contributed by atoms with E-state index in [2.05, 4.69) is 0 Å². The summed E-state index contributed by atoms with van der Waals surface area (Å²) in [5.74, 6) is -2.40. The minimum atomic E-state index is -1.21. The van der Waals surface area contributed by atoms with E-state index in [1.807, 2.05) is 24.3 Å². The van der Waals surface area contributed by atoms with Crippen LogP contribution in [0.2, 0.25) is 0 Å². The molecule has 0 radical (unpaired) electrons. The first-order valence-corrected chi connectivity index (χ1v) is 5.80. The molecule has 20 heavy (non-hydrogen) atoms. The summed E-state index contributed by atoms with van der Waals surface area (Å²) in [5.41, 5.74) is 3.17. The summed E-state index contributed by atoms with van der Waals surface area (Å²) >= 11 is 0. The molecule has 4 nitrogen and oxygen atoms in total. The van der Waals surface area contributed by atoms with Gasteiger partial charge >= 0.3 is 11.9 Å². The van der Waals surface area contributed by atoms with Gasteiger partial charge in [0.1, 0.15) is 0 Å². The Morgan fingerprint density at radius 2 is 1.60 bits per heavy atom. The molecule has 0 unspecified atom stereocenters. The zero-order valence-electron chi connectivity index (χ0n) is 10.3. The van der Waals surface area contributed by atoms with E-state index in [-0.39, 0.29) is 15.8 Å². The molecule has 0 bridgehead atoms. The third-order valence-electron chi connectivity index (χ3n) is 3.43. The average Bonchev–Trinajstić information content (AvgIpc) is 2.75. The van der Waals surface area contributed by atoms with Gasteiger partial charge in [-0.05, 0) is 34.7 Å². The summed E-state index contributed by atoms with van der Waals surface area (Å²) in [5, 5.41) is 18.4. The fourth-order valence-corrected chi connectivity index (χ4v) is 2.63. The molecule has 102 valence electrons. The average molecular weight is 274 g/mol. The first-order valence-electron chi connectivity index (χ1n) is 5.80. The number of carbonyl (C=O) groups is 2. The zero-order chi connectivity index (χ0) is 13.6. The molecule has 0 heterocycles. The number of benzene rings is 2. The van der Waals surface area contributed by atoms with Crippen LogP contribution < -0.4 is 0 Å². The Hall–Kier alpha value is -2.69. The molecule has 0 saturated heterocycles. The molecule has 0 fully saturated rings. The van der Waals surface area contributed by atoms with Crippen LogP contribution >= 0.6 is 0 Å². The molecule has 5 heteroatoms. The van der Waals surface area contributed by atoms with Gasteiger partial charge in [-0.1, -0.05) is 30.3 Å². The number of carboxylic acid groups (broad SMARTS) is 2. The molecule has 0 saturated carbocycles. The first-order chi connectivity index (χ1) is 9.09. The SMILES string of the molecule is F.O=C(O)c1ccc2c(c1C(=O)O)Cc1ccccc1-2. The Morgan fingerprint density at radius 3 is 2.25 bits per heavy atom. The van der Waals surface area contributed by atoms with Crippen molar-refractivity contribution in [2.45, 2.75) is 6.42 Å². The highest BCUT2D eigenvalue weighted by Crippen LogP contribution is 2.39. The minimum absolute atomic E-state index is 0. The molecule has 0 spiro atoms. The van der Waals surface area contributed by atoms with Gasteiger partial charge in [-0.2, -0.15) is 0 Å². The molecule has 2 aromatic carbocycles. The monoisotopic (exact) mass is 274 g/mol. The molecule has 3 rings (SSSR count). The largest absolute Gasteiger partial charge is 0.478 e. The molecule has 0 amide bonds. The highest BCUT2D eigenvalue weighted by Gasteiger charge is 2.27. The van der Waals surface area contributed by atoms with Crippen LogP contribution in [0, 0.1) is 0 Å². The maximum atomic E-state index is 11.4. The third-order valence-corrected chi connectivity index (χ3v) is 3.43. The second-order valence-electron chi connectivity index (χ2n) is 4.46. The van der Waals surface area contributed by atoms with Crippen molar-refractivity contribution in [3.05, 3.63) is 58.7 Å². The van der Waals surface area contributed by atoms with Crippen LogP contribution in [0.3, 0.4) is 0 Å². The maximum Gasteiger partial charge on any atom is 0.336 e. The Morgan fingerprint density at radius 1 is 0.900 bits per heavy atom. The number of fused-ring (bicyclic) bond motifs is 3. The van der Waals surface area contributed by atoms with Gasteiger partial charge in [-0.25, -0.2) is 9.59 Å². The molecule has 0 aromatic heterocycles. The van der Waals surface area contributed by atoms with Gasteiger partial charge < -0.3 is 10.2 Å². The van der Waals surface area contributed by atoms with E-state index in [0.29, 0.717) is 12.0 Å². The van der Waals surface area contributed by atoms with Crippen LogP contribution in [-0.4, -0.2) is 22.2 Å².